The minimum atomic E-state index is -0.281. The Morgan fingerprint density at radius 1 is 1.11 bits per heavy atom. The highest BCUT2D eigenvalue weighted by Gasteiger charge is 2.32. The molecule has 0 unspecified atom stereocenters. The van der Waals surface area contributed by atoms with Crippen molar-refractivity contribution in [3.63, 3.8) is 0 Å². The topological polar surface area (TPSA) is 48.8 Å². The van der Waals surface area contributed by atoms with E-state index in [9.17, 15) is 5.11 Å². The molecule has 0 bridgehead atoms. The number of rotatable bonds is 4. The van der Waals surface area contributed by atoms with Crippen molar-refractivity contribution in [1.82, 2.24) is 14.8 Å². The van der Waals surface area contributed by atoms with Crippen LogP contribution in [0, 0.1) is 0 Å². The van der Waals surface area contributed by atoms with E-state index in [1.54, 1.807) is 7.11 Å². The number of para-hydroxylation sites is 1. The number of nitrogens with zero attached hydrogens (tertiary/aromatic N) is 3. The zero-order chi connectivity index (χ0) is 18.6. The average Bonchev–Trinajstić information content (AvgIpc) is 2.97. The molecule has 146 valence electrons. The van der Waals surface area contributed by atoms with Crippen LogP contribution in [0.3, 0.4) is 0 Å². The number of fused-ring (bicyclic) bond motifs is 1. The second-order valence-electron chi connectivity index (χ2n) is 7.96. The maximum Gasteiger partial charge on any atom is 0.218 e. The number of aliphatic hydroxyl groups is 1. The molecule has 2 aliphatic heterocycles. The van der Waals surface area contributed by atoms with Crippen LogP contribution in [0.4, 0.5) is 0 Å². The fourth-order valence-electron chi connectivity index (χ4n) is 4.65. The third-order valence-electron chi connectivity index (χ3n) is 6.09. The molecule has 0 saturated carbocycles. The molecule has 5 nitrogen and oxygen atoms in total. The van der Waals surface area contributed by atoms with Crippen LogP contribution in [-0.4, -0.2) is 65.3 Å². The number of β-amino-alcohol motifs (C(OH)–C–C–N with tert-alkyl or cyclic N) is 1. The fourth-order valence-corrected chi connectivity index (χ4v) is 4.65. The molecule has 0 amide bonds. The van der Waals surface area contributed by atoms with Crippen LogP contribution >= 0.6 is 0 Å². The number of likely N-dealkylation sites (tertiary alicyclic amines) is 2. The summed E-state index contributed by atoms with van der Waals surface area (Å²) in [5, 5.41) is 12.0. The number of methoxy groups -OCH3 is 1. The molecule has 0 radical (unpaired) electrons. The van der Waals surface area contributed by atoms with E-state index in [1.807, 2.05) is 18.2 Å². The lowest BCUT2D eigenvalue weighted by atomic mass is 9.99. The molecule has 2 aromatic rings. The summed E-state index contributed by atoms with van der Waals surface area (Å²) in [5.74, 6) is 0.692. The molecule has 1 aromatic heterocycles. The summed E-state index contributed by atoms with van der Waals surface area (Å²) >= 11 is 0. The number of pyridine rings is 1. The van der Waals surface area contributed by atoms with Gasteiger partial charge in [-0.1, -0.05) is 31.0 Å². The van der Waals surface area contributed by atoms with Crippen LogP contribution in [0.15, 0.2) is 30.3 Å². The van der Waals surface area contributed by atoms with Crippen LogP contribution < -0.4 is 4.74 Å². The smallest absolute Gasteiger partial charge is 0.218 e. The lowest BCUT2D eigenvalue weighted by Gasteiger charge is -2.41. The number of hydrogen-bond donors (Lipinski definition) is 1. The predicted octanol–water partition coefficient (Wildman–Crippen LogP) is 3.05. The van der Waals surface area contributed by atoms with Gasteiger partial charge in [0.2, 0.25) is 5.88 Å². The van der Waals surface area contributed by atoms with Gasteiger partial charge >= 0.3 is 0 Å². The molecule has 2 aliphatic rings. The van der Waals surface area contributed by atoms with Gasteiger partial charge in [-0.15, -0.1) is 0 Å². The van der Waals surface area contributed by atoms with Gasteiger partial charge in [0, 0.05) is 36.6 Å². The lowest BCUT2D eigenvalue weighted by Crippen LogP contribution is -2.54. The van der Waals surface area contributed by atoms with E-state index < -0.39 is 0 Å². The highest BCUT2D eigenvalue weighted by molar-refractivity contribution is 5.80. The highest BCUT2D eigenvalue weighted by Crippen LogP contribution is 2.26. The summed E-state index contributed by atoms with van der Waals surface area (Å²) < 4.78 is 5.54. The van der Waals surface area contributed by atoms with Crippen LogP contribution in [-0.2, 0) is 6.54 Å². The Kier molecular flexibility index (Phi) is 5.91. The molecule has 0 spiro atoms. The number of ether oxygens (including phenoxy) is 1. The predicted molar refractivity (Wildman–Crippen MR) is 108 cm³/mol. The normalized spacial score (nSPS) is 25.4. The fraction of sp³-hybridized carbons (Fsp3) is 0.591. The van der Waals surface area contributed by atoms with E-state index in [1.165, 1.54) is 25.7 Å². The van der Waals surface area contributed by atoms with Gasteiger partial charge in [-0.25, -0.2) is 4.98 Å². The van der Waals surface area contributed by atoms with Crippen molar-refractivity contribution in [3.05, 3.63) is 35.9 Å². The second-order valence-corrected chi connectivity index (χ2v) is 7.96. The van der Waals surface area contributed by atoms with Gasteiger partial charge < -0.3 is 9.84 Å². The third kappa shape index (κ3) is 4.26. The van der Waals surface area contributed by atoms with Gasteiger partial charge in [0.25, 0.3) is 0 Å². The van der Waals surface area contributed by atoms with Gasteiger partial charge in [-0.05, 0) is 44.5 Å². The minimum absolute atomic E-state index is 0.281. The number of piperidine rings is 1. The van der Waals surface area contributed by atoms with Crippen molar-refractivity contribution in [1.29, 1.82) is 0 Å². The number of aromatic nitrogens is 1. The first-order chi connectivity index (χ1) is 13.2. The van der Waals surface area contributed by atoms with Gasteiger partial charge in [0.15, 0.2) is 0 Å². The third-order valence-corrected chi connectivity index (χ3v) is 6.09. The number of aliphatic hydroxyl groups excluding tert-OH is 1. The summed E-state index contributed by atoms with van der Waals surface area (Å²) in [6.07, 6.45) is 5.96. The lowest BCUT2D eigenvalue weighted by molar-refractivity contribution is -0.0146. The van der Waals surface area contributed by atoms with E-state index in [-0.39, 0.29) is 6.10 Å². The molecular weight excluding hydrogens is 338 g/mol. The zero-order valence-electron chi connectivity index (χ0n) is 16.3. The van der Waals surface area contributed by atoms with E-state index in [4.69, 9.17) is 4.74 Å². The summed E-state index contributed by atoms with van der Waals surface area (Å²) in [4.78, 5) is 9.53. The molecule has 4 rings (SSSR count). The van der Waals surface area contributed by atoms with Gasteiger partial charge in [0.1, 0.15) is 0 Å². The van der Waals surface area contributed by atoms with Crippen molar-refractivity contribution >= 4 is 10.9 Å². The molecular formula is C22H31N3O2. The largest absolute Gasteiger partial charge is 0.481 e. The molecule has 0 aliphatic carbocycles. The second kappa shape index (κ2) is 8.55. The number of benzene rings is 1. The Balaban J connectivity index is 1.44. The minimum Gasteiger partial charge on any atom is -0.481 e. The molecule has 3 heterocycles. The SMILES string of the molecule is COc1nc2ccccc2cc1CN1CC[C@H](N2CCCCCC2)[C@@H](O)C1. The molecule has 2 atom stereocenters. The Morgan fingerprint density at radius 3 is 2.63 bits per heavy atom. The van der Waals surface area contributed by atoms with E-state index in [2.05, 4.69) is 26.9 Å². The average molecular weight is 370 g/mol. The molecule has 1 N–H and O–H groups in total. The van der Waals surface area contributed by atoms with Crippen LogP contribution in [0.2, 0.25) is 0 Å². The van der Waals surface area contributed by atoms with Gasteiger partial charge in [-0.2, -0.15) is 0 Å². The first-order valence-electron chi connectivity index (χ1n) is 10.3. The van der Waals surface area contributed by atoms with Crippen molar-refractivity contribution in [2.24, 2.45) is 0 Å². The first-order valence-corrected chi connectivity index (χ1v) is 10.3. The van der Waals surface area contributed by atoms with E-state index in [0.717, 1.165) is 55.6 Å². The van der Waals surface area contributed by atoms with Crippen molar-refractivity contribution in [3.8, 4) is 5.88 Å². The summed E-state index contributed by atoms with van der Waals surface area (Å²) in [7, 11) is 1.68. The summed E-state index contributed by atoms with van der Waals surface area (Å²) in [6.45, 7) is 4.78. The Labute approximate surface area is 161 Å². The van der Waals surface area contributed by atoms with Crippen LogP contribution in [0.5, 0.6) is 5.88 Å². The Bertz CT molecular complexity index is 758. The van der Waals surface area contributed by atoms with Crippen molar-refractivity contribution < 1.29 is 9.84 Å². The van der Waals surface area contributed by atoms with Crippen molar-refractivity contribution in [2.75, 3.05) is 33.3 Å². The Hall–Kier alpha value is -1.69. The molecule has 2 saturated heterocycles. The maximum atomic E-state index is 10.8. The highest BCUT2D eigenvalue weighted by atomic mass is 16.5. The molecule has 2 fully saturated rings. The zero-order valence-corrected chi connectivity index (χ0v) is 16.3. The Morgan fingerprint density at radius 2 is 1.89 bits per heavy atom. The molecule has 1 aromatic carbocycles. The number of hydrogen-bond acceptors (Lipinski definition) is 5. The van der Waals surface area contributed by atoms with E-state index >= 15 is 0 Å². The molecule has 5 heteroatoms. The standard InChI is InChI=1S/C22H31N3O2/c1-27-22-18(14-17-8-4-5-9-19(17)23-22)15-24-13-10-20(21(26)16-24)25-11-6-2-3-7-12-25/h4-5,8-9,14,20-21,26H,2-3,6-7,10-13,15-16H2,1H3/t20-,21-/m0/s1. The summed E-state index contributed by atoms with van der Waals surface area (Å²) in [6, 6.07) is 10.6. The molecule has 27 heavy (non-hydrogen) atoms. The van der Waals surface area contributed by atoms with Gasteiger partial charge in [-0.3, -0.25) is 9.80 Å². The van der Waals surface area contributed by atoms with Crippen molar-refractivity contribution in [2.45, 2.75) is 50.8 Å². The van der Waals surface area contributed by atoms with Gasteiger partial charge in [0.05, 0.1) is 18.7 Å². The van der Waals surface area contributed by atoms with Crippen LogP contribution in [0.1, 0.15) is 37.7 Å². The summed E-state index contributed by atoms with van der Waals surface area (Å²) in [5.41, 5.74) is 2.05. The quantitative estimate of drug-likeness (QED) is 0.898. The van der Waals surface area contributed by atoms with E-state index in [0.29, 0.717) is 11.9 Å². The van der Waals surface area contributed by atoms with Crippen LogP contribution in [0.25, 0.3) is 10.9 Å². The maximum absolute atomic E-state index is 10.8. The first kappa shape index (κ1) is 18.7. The monoisotopic (exact) mass is 369 g/mol.